The maximum Gasteiger partial charge on any atom is 0.311 e. The second-order valence-corrected chi connectivity index (χ2v) is 8.27. The van der Waals surface area contributed by atoms with Crippen LogP contribution in [0.1, 0.15) is 19.3 Å². The third kappa shape index (κ3) is 2.58. The molecule has 0 unspecified atom stereocenters. The highest BCUT2D eigenvalue weighted by Gasteiger charge is 2.55. The molecule has 2 fully saturated rings. The van der Waals surface area contributed by atoms with Gasteiger partial charge in [-0.25, -0.2) is 0 Å². The van der Waals surface area contributed by atoms with E-state index in [1.807, 2.05) is 41.0 Å². The van der Waals surface area contributed by atoms with E-state index in [2.05, 4.69) is 0 Å². The molecule has 0 bridgehead atoms. The van der Waals surface area contributed by atoms with Gasteiger partial charge < -0.3 is 14.6 Å². The van der Waals surface area contributed by atoms with Crippen molar-refractivity contribution in [1.82, 2.24) is 9.47 Å². The zero-order valence-electron chi connectivity index (χ0n) is 16.0. The number of nitrogens with zero attached hydrogens (tertiary/aromatic N) is 2. The largest absolute Gasteiger partial charge is 0.481 e. The molecule has 0 radical (unpaired) electrons. The fourth-order valence-electron chi connectivity index (χ4n) is 5.31. The van der Waals surface area contributed by atoms with E-state index in [0.717, 1.165) is 23.9 Å². The summed E-state index contributed by atoms with van der Waals surface area (Å²) in [6.07, 6.45) is 2.41. The molecule has 1 saturated carbocycles. The third-order valence-corrected chi connectivity index (χ3v) is 6.82. The molecule has 6 nitrogen and oxygen atoms in total. The van der Waals surface area contributed by atoms with Gasteiger partial charge in [0.25, 0.3) is 0 Å². The molecular weight excluding hydrogens is 368 g/mol. The molecule has 1 aromatic heterocycles. The van der Waals surface area contributed by atoms with Crippen LogP contribution in [0.5, 0.6) is 0 Å². The minimum atomic E-state index is -0.788. The normalized spacial score (nSPS) is 23.6. The second kappa shape index (κ2) is 6.44. The van der Waals surface area contributed by atoms with E-state index in [1.54, 1.807) is 17.0 Å². The summed E-state index contributed by atoms with van der Waals surface area (Å²) in [7, 11) is 0. The number of aromatic nitrogens is 1. The van der Waals surface area contributed by atoms with Crippen molar-refractivity contribution in [1.29, 1.82) is 0 Å². The average Bonchev–Trinajstić information content (AvgIpc) is 3.30. The number of likely N-dealkylation sites (tertiary alicyclic amines) is 1. The van der Waals surface area contributed by atoms with Gasteiger partial charge in [0.05, 0.1) is 16.4 Å². The Morgan fingerprint density at radius 3 is 2.24 bits per heavy atom. The number of hydrogen-bond acceptors (Lipinski definition) is 3. The van der Waals surface area contributed by atoms with E-state index in [9.17, 15) is 19.5 Å². The molecule has 1 aliphatic heterocycles. The van der Waals surface area contributed by atoms with Crippen LogP contribution in [0.2, 0.25) is 0 Å². The van der Waals surface area contributed by atoms with Gasteiger partial charge in [-0.1, -0.05) is 30.7 Å². The zero-order valence-corrected chi connectivity index (χ0v) is 16.0. The summed E-state index contributed by atoms with van der Waals surface area (Å²) < 4.78 is 1.88. The molecule has 148 valence electrons. The summed E-state index contributed by atoms with van der Waals surface area (Å²) >= 11 is 0. The highest BCUT2D eigenvalue weighted by molar-refractivity contribution is 5.95. The molecule has 29 heavy (non-hydrogen) atoms. The Bertz CT molecular complexity index is 1150. The van der Waals surface area contributed by atoms with E-state index >= 15 is 0 Å². The number of amides is 1. The van der Waals surface area contributed by atoms with Gasteiger partial charge >= 0.3 is 5.97 Å². The van der Waals surface area contributed by atoms with Crippen LogP contribution in [-0.2, 0) is 16.1 Å². The quantitative estimate of drug-likeness (QED) is 0.698. The number of carboxylic acid groups (broad SMARTS) is 1. The Hall–Kier alpha value is -3.15. The molecule has 2 atom stereocenters. The number of hydrogen-bond donors (Lipinski definition) is 1. The molecule has 2 heterocycles. The lowest BCUT2D eigenvalue weighted by Crippen LogP contribution is -2.38. The second-order valence-electron chi connectivity index (χ2n) is 8.27. The molecule has 1 saturated heterocycles. The lowest BCUT2D eigenvalue weighted by Gasteiger charge is -2.24. The molecular formula is C23H22N2O4. The molecule has 0 spiro atoms. The predicted molar refractivity (Wildman–Crippen MR) is 110 cm³/mol. The smallest absolute Gasteiger partial charge is 0.311 e. The summed E-state index contributed by atoms with van der Waals surface area (Å²) in [6, 6.07) is 14.6. The standard InChI is InChI=1S/C23H22N2O4/c26-20(24-12-15-6-5-11-23(15,14-24)22(28)29)13-25-18-9-3-1-7-16(18)21(27)17-8-2-4-10-19(17)25/h1-4,7-10,15H,5-6,11-14H2,(H,28,29)/t15-,23+/m0/s1. The van der Waals surface area contributed by atoms with Crippen molar-refractivity contribution in [2.75, 3.05) is 13.1 Å². The zero-order chi connectivity index (χ0) is 20.2. The molecule has 2 aliphatic rings. The van der Waals surface area contributed by atoms with Gasteiger partial charge in [-0.3, -0.25) is 14.4 Å². The van der Waals surface area contributed by atoms with Gasteiger partial charge in [0.15, 0.2) is 5.43 Å². The molecule has 5 rings (SSSR count). The molecule has 3 aromatic rings. The number of carboxylic acids is 1. The van der Waals surface area contributed by atoms with E-state index in [-0.39, 0.29) is 30.3 Å². The van der Waals surface area contributed by atoms with E-state index < -0.39 is 11.4 Å². The van der Waals surface area contributed by atoms with Gasteiger partial charge in [0.1, 0.15) is 6.54 Å². The topological polar surface area (TPSA) is 79.6 Å². The highest BCUT2D eigenvalue weighted by Crippen LogP contribution is 2.48. The van der Waals surface area contributed by atoms with Gasteiger partial charge in [0, 0.05) is 23.9 Å². The van der Waals surface area contributed by atoms with E-state index in [0.29, 0.717) is 23.7 Å². The Labute approximate surface area is 167 Å². The van der Waals surface area contributed by atoms with Gasteiger partial charge in [-0.05, 0) is 43.0 Å². The van der Waals surface area contributed by atoms with Crippen LogP contribution in [-0.4, -0.2) is 39.5 Å². The number of aliphatic carboxylic acids is 1. The van der Waals surface area contributed by atoms with Crippen LogP contribution >= 0.6 is 0 Å². The first-order valence-electron chi connectivity index (χ1n) is 10.0. The summed E-state index contributed by atoms with van der Waals surface area (Å²) in [5, 5.41) is 11.0. The third-order valence-electron chi connectivity index (χ3n) is 6.82. The van der Waals surface area contributed by atoms with Crippen LogP contribution in [0.25, 0.3) is 21.8 Å². The Morgan fingerprint density at radius 2 is 1.66 bits per heavy atom. The lowest BCUT2D eigenvalue weighted by atomic mass is 9.81. The summed E-state index contributed by atoms with van der Waals surface area (Å²) in [6.45, 7) is 0.868. The summed E-state index contributed by atoms with van der Waals surface area (Å²) in [4.78, 5) is 39.7. The van der Waals surface area contributed by atoms with Crippen LogP contribution in [0.3, 0.4) is 0 Å². The molecule has 1 aliphatic carbocycles. The molecule has 2 aromatic carbocycles. The first kappa shape index (κ1) is 17.9. The molecule has 1 amide bonds. The van der Waals surface area contributed by atoms with Crippen molar-refractivity contribution in [2.24, 2.45) is 11.3 Å². The average molecular weight is 390 g/mol. The van der Waals surface area contributed by atoms with Crippen LogP contribution in [0.4, 0.5) is 0 Å². The maximum absolute atomic E-state index is 13.2. The van der Waals surface area contributed by atoms with Crippen molar-refractivity contribution >= 4 is 33.7 Å². The number of benzene rings is 2. The summed E-state index contributed by atoms with van der Waals surface area (Å²) in [5.74, 6) is -0.847. The van der Waals surface area contributed by atoms with Crippen molar-refractivity contribution in [3.8, 4) is 0 Å². The lowest BCUT2D eigenvalue weighted by molar-refractivity contribution is -0.149. The van der Waals surface area contributed by atoms with E-state index in [4.69, 9.17) is 0 Å². The number of fused-ring (bicyclic) bond motifs is 3. The number of carbonyl (C=O) groups excluding carboxylic acids is 1. The van der Waals surface area contributed by atoms with Crippen LogP contribution in [0.15, 0.2) is 53.3 Å². The van der Waals surface area contributed by atoms with Crippen LogP contribution in [0, 0.1) is 11.3 Å². The highest BCUT2D eigenvalue weighted by atomic mass is 16.4. The summed E-state index contributed by atoms with van der Waals surface area (Å²) in [5.41, 5.74) is 0.609. The Balaban J connectivity index is 1.55. The monoisotopic (exact) mass is 390 g/mol. The minimum Gasteiger partial charge on any atom is -0.481 e. The van der Waals surface area contributed by atoms with Crippen molar-refractivity contribution in [3.05, 3.63) is 58.8 Å². The van der Waals surface area contributed by atoms with Gasteiger partial charge in [-0.15, -0.1) is 0 Å². The predicted octanol–water partition coefficient (Wildman–Crippen LogP) is 2.87. The van der Waals surface area contributed by atoms with Crippen LogP contribution < -0.4 is 5.43 Å². The van der Waals surface area contributed by atoms with Crippen molar-refractivity contribution < 1.29 is 14.7 Å². The first-order valence-corrected chi connectivity index (χ1v) is 10.0. The Morgan fingerprint density at radius 1 is 1.03 bits per heavy atom. The van der Waals surface area contributed by atoms with Gasteiger partial charge in [-0.2, -0.15) is 0 Å². The number of rotatable bonds is 3. The molecule has 1 N–H and O–H groups in total. The first-order chi connectivity index (χ1) is 14.0. The fraction of sp³-hybridized carbons (Fsp3) is 0.348. The minimum absolute atomic E-state index is 0.0338. The number of carbonyl (C=O) groups is 2. The van der Waals surface area contributed by atoms with E-state index in [1.165, 1.54) is 0 Å². The fourth-order valence-corrected chi connectivity index (χ4v) is 5.31. The maximum atomic E-state index is 13.2. The SMILES string of the molecule is O=C(Cn1c2ccccc2c(=O)c2ccccc21)N1C[C@@H]2CCC[C@@]2(C(=O)O)C1. The molecule has 6 heteroatoms. The number of para-hydroxylation sites is 2. The number of pyridine rings is 1. The Kier molecular flexibility index (Phi) is 3.98. The van der Waals surface area contributed by atoms with Crippen molar-refractivity contribution in [3.63, 3.8) is 0 Å². The van der Waals surface area contributed by atoms with Crippen molar-refractivity contribution in [2.45, 2.75) is 25.8 Å². The van der Waals surface area contributed by atoms with Gasteiger partial charge in [0.2, 0.25) is 5.91 Å².